The first-order chi connectivity index (χ1) is 9.74. The van der Waals surface area contributed by atoms with E-state index in [4.69, 9.17) is 9.47 Å². The van der Waals surface area contributed by atoms with Gasteiger partial charge in [0, 0.05) is 4.47 Å². The third-order valence-electron chi connectivity index (χ3n) is 3.16. The minimum absolute atomic E-state index is 0.205. The van der Waals surface area contributed by atoms with Gasteiger partial charge in [0.1, 0.15) is 24.6 Å². The number of ether oxygens (including phenoxy) is 2. The molecule has 0 fully saturated rings. The predicted molar refractivity (Wildman–Crippen MR) is 85.1 cm³/mol. The Hall–Kier alpha value is -1.43. The molecule has 2 aliphatic rings. The molecule has 0 unspecified atom stereocenters. The summed E-state index contributed by atoms with van der Waals surface area (Å²) in [5.74, 6) is 1.14. The number of hydrogen-bond acceptors (Lipinski definition) is 5. The van der Waals surface area contributed by atoms with Crippen molar-refractivity contribution in [2.45, 2.75) is 38.8 Å². The Labute approximate surface area is 132 Å². The Bertz CT molecular complexity index is 598. The molecule has 0 aliphatic carbocycles. The van der Waals surface area contributed by atoms with E-state index in [1.807, 2.05) is 39.8 Å². The second-order valence-electron chi connectivity index (χ2n) is 6.59. The van der Waals surface area contributed by atoms with E-state index >= 15 is 0 Å². The maximum Gasteiger partial charge on any atom is 0.236 e. The highest BCUT2D eigenvalue weighted by atomic mass is 79.9. The van der Waals surface area contributed by atoms with E-state index in [0.717, 1.165) is 4.47 Å². The van der Waals surface area contributed by atoms with Crippen LogP contribution in [0, 0.1) is 0 Å². The van der Waals surface area contributed by atoms with Crippen LogP contribution in [0.1, 0.15) is 39.1 Å². The molecule has 0 atom stereocenters. The maximum absolute atomic E-state index is 5.65. The number of aliphatic imine (C=N–C) groups is 2. The number of halogens is 1. The van der Waals surface area contributed by atoms with Gasteiger partial charge in [-0.2, -0.15) is 0 Å². The van der Waals surface area contributed by atoms with E-state index in [2.05, 4.69) is 30.9 Å². The first-order valence-corrected chi connectivity index (χ1v) is 7.67. The summed E-state index contributed by atoms with van der Waals surface area (Å²) >= 11 is 3.50. The summed E-state index contributed by atoms with van der Waals surface area (Å²) < 4.78 is 12.2. The molecule has 0 bridgehead atoms. The van der Waals surface area contributed by atoms with Crippen LogP contribution in [0.25, 0.3) is 0 Å². The molecule has 0 spiro atoms. The minimum Gasteiger partial charge on any atom is -0.474 e. The molecule has 0 amide bonds. The smallest absolute Gasteiger partial charge is 0.236 e. The van der Waals surface area contributed by atoms with Crippen LogP contribution in [0.2, 0.25) is 0 Å². The van der Waals surface area contributed by atoms with E-state index in [0.29, 0.717) is 36.4 Å². The zero-order valence-corrected chi connectivity index (χ0v) is 14.2. The van der Waals surface area contributed by atoms with Gasteiger partial charge in [-0.15, -0.1) is 0 Å². The van der Waals surface area contributed by atoms with Crippen LogP contribution in [0.4, 0.5) is 0 Å². The Morgan fingerprint density at radius 2 is 1.33 bits per heavy atom. The third-order valence-corrected chi connectivity index (χ3v) is 3.62. The molecule has 6 heteroatoms. The largest absolute Gasteiger partial charge is 0.474 e. The summed E-state index contributed by atoms with van der Waals surface area (Å²) in [5.41, 5.74) is 0.980. The second kappa shape index (κ2) is 4.80. The van der Waals surface area contributed by atoms with E-state index in [1.165, 1.54) is 0 Å². The zero-order valence-electron chi connectivity index (χ0n) is 12.6. The van der Waals surface area contributed by atoms with Crippen molar-refractivity contribution in [2.24, 2.45) is 9.98 Å². The zero-order chi connectivity index (χ0) is 15.3. The molecule has 21 heavy (non-hydrogen) atoms. The summed E-state index contributed by atoms with van der Waals surface area (Å²) in [6.45, 7) is 9.26. The highest BCUT2D eigenvalue weighted by molar-refractivity contribution is 9.10. The van der Waals surface area contributed by atoms with E-state index in [9.17, 15) is 0 Å². The van der Waals surface area contributed by atoms with Gasteiger partial charge in [-0.1, -0.05) is 15.9 Å². The molecular weight excluding hydrogens is 334 g/mol. The molecule has 3 heterocycles. The van der Waals surface area contributed by atoms with Crippen LogP contribution in [0.3, 0.4) is 0 Å². The van der Waals surface area contributed by atoms with Crippen molar-refractivity contribution in [1.29, 1.82) is 0 Å². The van der Waals surface area contributed by atoms with Crippen LogP contribution in [-0.2, 0) is 9.47 Å². The lowest BCUT2D eigenvalue weighted by Gasteiger charge is -2.07. The summed E-state index contributed by atoms with van der Waals surface area (Å²) in [5, 5.41) is 0. The topological polar surface area (TPSA) is 56.1 Å². The van der Waals surface area contributed by atoms with Crippen LogP contribution >= 0.6 is 15.9 Å². The van der Waals surface area contributed by atoms with Gasteiger partial charge >= 0.3 is 0 Å². The number of hydrogen-bond donors (Lipinski definition) is 0. The summed E-state index contributed by atoms with van der Waals surface area (Å²) in [6, 6.07) is 3.79. The molecule has 0 saturated carbocycles. The van der Waals surface area contributed by atoms with E-state index in [-0.39, 0.29) is 11.1 Å². The van der Waals surface area contributed by atoms with Crippen LogP contribution in [0.5, 0.6) is 0 Å². The monoisotopic (exact) mass is 351 g/mol. The van der Waals surface area contributed by atoms with Crippen LogP contribution in [0.15, 0.2) is 26.6 Å². The normalized spacial score (nSPS) is 22.3. The van der Waals surface area contributed by atoms with Gasteiger partial charge in [-0.05, 0) is 39.8 Å². The SMILES string of the molecule is CC1(C)COC(c2cc(Br)cc(C3=NC(C)(C)CO3)n2)=N1. The van der Waals surface area contributed by atoms with E-state index < -0.39 is 0 Å². The first-order valence-electron chi connectivity index (χ1n) is 6.88. The fourth-order valence-electron chi connectivity index (χ4n) is 2.15. The quantitative estimate of drug-likeness (QED) is 0.822. The summed E-state index contributed by atoms with van der Waals surface area (Å²) in [6.07, 6.45) is 0. The maximum atomic E-state index is 5.65. The van der Waals surface area contributed by atoms with Gasteiger partial charge in [0.2, 0.25) is 11.8 Å². The Morgan fingerprint density at radius 3 is 1.67 bits per heavy atom. The molecular formula is C15H18BrN3O2. The Balaban J connectivity index is 1.99. The van der Waals surface area contributed by atoms with Crippen molar-refractivity contribution < 1.29 is 9.47 Å². The minimum atomic E-state index is -0.205. The summed E-state index contributed by atoms with van der Waals surface area (Å²) in [7, 11) is 0. The lowest BCUT2D eigenvalue weighted by atomic mass is 10.1. The lowest BCUT2D eigenvalue weighted by Crippen LogP contribution is -2.17. The van der Waals surface area contributed by atoms with Gasteiger partial charge in [0.15, 0.2) is 0 Å². The average Bonchev–Trinajstić information content (AvgIpc) is 2.91. The molecule has 1 aromatic rings. The van der Waals surface area contributed by atoms with Crippen molar-refractivity contribution in [1.82, 2.24) is 4.98 Å². The molecule has 112 valence electrons. The lowest BCUT2D eigenvalue weighted by molar-refractivity contribution is 0.277. The highest BCUT2D eigenvalue weighted by Gasteiger charge is 2.30. The molecule has 0 aromatic carbocycles. The molecule has 0 saturated heterocycles. The van der Waals surface area contributed by atoms with Gasteiger partial charge in [0.25, 0.3) is 0 Å². The molecule has 0 radical (unpaired) electrons. The molecule has 2 aliphatic heterocycles. The second-order valence-corrected chi connectivity index (χ2v) is 7.51. The van der Waals surface area contributed by atoms with Gasteiger partial charge in [0.05, 0.1) is 11.1 Å². The van der Waals surface area contributed by atoms with Crippen molar-refractivity contribution in [3.63, 3.8) is 0 Å². The van der Waals surface area contributed by atoms with Crippen LogP contribution < -0.4 is 0 Å². The van der Waals surface area contributed by atoms with Gasteiger partial charge in [-0.3, -0.25) is 0 Å². The molecule has 0 N–H and O–H groups in total. The van der Waals surface area contributed by atoms with E-state index in [1.54, 1.807) is 0 Å². The summed E-state index contributed by atoms with van der Waals surface area (Å²) in [4.78, 5) is 13.7. The van der Waals surface area contributed by atoms with Crippen LogP contribution in [-0.4, -0.2) is 41.1 Å². The fourth-order valence-corrected chi connectivity index (χ4v) is 2.58. The Kier molecular flexibility index (Phi) is 3.31. The average molecular weight is 352 g/mol. The van der Waals surface area contributed by atoms with Crippen molar-refractivity contribution in [3.8, 4) is 0 Å². The fraction of sp³-hybridized carbons (Fsp3) is 0.533. The molecule has 3 rings (SSSR count). The Morgan fingerprint density at radius 1 is 0.905 bits per heavy atom. The number of rotatable bonds is 2. The molecule has 1 aromatic heterocycles. The highest BCUT2D eigenvalue weighted by Crippen LogP contribution is 2.24. The standard InChI is InChI=1S/C15H18BrN3O2/c1-14(2)7-20-12(18-14)10-5-9(16)6-11(17-10)13-19-15(3,4)8-21-13/h5-6H,7-8H2,1-4H3. The van der Waals surface area contributed by atoms with Crippen molar-refractivity contribution >= 4 is 27.7 Å². The first kappa shape index (κ1) is 14.5. The molecule has 5 nitrogen and oxygen atoms in total. The van der Waals surface area contributed by atoms with Crippen molar-refractivity contribution in [3.05, 3.63) is 28.0 Å². The van der Waals surface area contributed by atoms with Gasteiger partial charge < -0.3 is 9.47 Å². The number of aromatic nitrogens is 1. The predicted octanol–water partition coefficient (Wildman–Crippen LogP) is 2.95. The van der Waals surface area contributed by atoms with Crippen molar-refractivity contribution in [2.75, 3.05) is 13.2 Å². The third kappa shape index (κ3) is 3.10. The number of nitrogens with zero attached hydrogens (tertiary/aromatic N) is 3. The van der Waals surface area contributed by atoms with Gasteiger partial charge in [-0.25, -0.2) is 15.0 Å². The number of pyridine rings is 1.